The number of anilines is 1. The second kappa shape index (κ2) is 9.36. The zero-order valence-electron chi connectivity index (χ0n) is 17.6. The lowest BCUT2D eigenvalue weighted by Crippen LogP contribution is -2.15. The molecule has 6 nitrogen and oxygen atoms in total. The van der Waals surface area contributed by atoms with E-state index in [-0.39, 0.29) is 5.91 Å². The van der Waals surface area contributed by atoms with Gasteiger partial charge in [-0.3, -0.25) is 4.79 Å². The summed E-state index contributed by atoms with van der Waals surface area (Å²) in [7, 11) is 0. The van der Waals surface area contributed by atoms with Crippen LogP contribution < -0.4 is 5.32 Å². The first-order valence-electron chi connectivity index (χ1n) is 10.8. The van der Waals surface area contributed by atoms with Crippen LogP contribution in [-0.2, 0) is 18.6 Å². The monoisotopic (exact) mass is 441 g/mol. The van der Waals surface area contributed by atoms with Gasteiger partial charge in [0.2, 0.25) is 5.16 Å². The molecule has 1 aliphatic carbocycles. The van der Waals surface area contributed by atoms with Crippen molar-refractivity contribution in [1.82, 2.24) is 20.2 Å². The van der Waals surface area contributed by atoms with Crippen molar-refractivity contribution in [2.75, 3.05) is 5.32 Å². The fourth-order valence-corrected chi connectivity index (χ4v) is 4.85. The molecule has 0 unspecified atom stereocenters. The lowest BCUT2D eigenvalue weighted by atomic mass is 9.90. The Kier molecular flexibility index (Phi) is 5.98. The molecule has 0 fully saturated rings. The Hall–Kier alpha value is -3.45. The molecular formula is C25H23N5OS. The summed E-state index contributed by atoms with van der Waals surface area (Å²) < 4.78 is 1.70. The summed E-state index contributed by atoms with van der Waals surface area (Å²) in [6.07, 6.45) is 4.50. The number of aromatic nitrogens is 4. The van der Waals surface area contributed by atoms with Gasteiger partial charge in [-0.15, -0.1) is 5.10 Å². The van der Waals surface area contributed by atoms with Gasteiger partial charge < -0.3 is 5.32 Å². The molecule has 1 heterocycles. The topological polar surface area (TPSA) is 72.7 Å². The number of benzene rings is 3. The molecule has 0 spiro atoms. The first-order valence-corrected chi connectivity index (χ1v) is 11.7. The summed E-state index contributed by atoms with van der Waals surface area (Å²) in [6, 6.07) is 23.8. The Bertz CT molecular complexity index is 1220. The van der Waals surface area contributed by atoms with Crippen LogP contribution >= 0.6 is 11.8 Å². The summed E-state index contributed by atoms with van der Waals surface area (Å²) in [5, 5.41) is 15.9. The zero-order chi connectivity index (χ0) is 21.8. The molecule has 0 bridgehead atoms. The predicted molar refractivity (Wildman–Crippen MR) is 126 cm³/mol. The Balaban J connectivity index is 1.29. The average molecular weight is 442 g/mol. The van der Waals surface area contributed by atoms with Crippen LogP contribution in [0.2, 0.25) is 0 Å². The van der Waals surface area contributed by atoms with Gasteiger partial charge in [0.25, 0.3) is 5.91 Å². The summed E-state index contributed by atoms with van der Waals surface area (Å²) >= 11 is 1.57. The molecule has 1 aromatic heterocycles. The molecule has 160 valence electrons. The number of tetrazole rings is 1. The SMILES string of the molecule is O=C(Nc1cccc2c1CCCC2)c1ccc(-n2nnnc2SCc2ccccc2)cc1. The third-order valence-electron chi connectivity index (χ3n) is 5.67. The summed E-state index contributed by atoms with van der Waals surface area (Å²) in [4.78, 5) is 12.9. The standard InChI is InChI=1S/C25H23N5OS/c31-24(26-23-12-6-10-19-9-4-5-11-22(19)23)20-13-15-21(16-14-20)30-25(27-28-29-30)32-17-18-7-2-1-3-8-18/h1-3,6-8,10,12-16H,4-5,9,11,17H2,(H,26,31). The lowest BCUT2D eigenvalue weighted by Gasteiger charge is -2.19. The van der Waals surface area contributed by atoms with Gasteiger partial charge in [0, 0.05) is 17.0 Å². The van der Waals surface area contributed by atoms with Gasteiger partial charge in [-0.1, -0.05) is 54.2 Å². The normalized spacial score (nSPS) is 12.9. The number of hydrogen-bond donors (Lipinski definition) is 1. The number of hydrogen-bond acceptors (Lipinski definition) is 5. The minimum atomic E-state index is -0.106. The average Bonchev–Trinajstić information content (AvgIpc) is 3.32. The maximum Gasteiger partial charge on any atom is 0.255 e. The van der Waals surface area contributed by atoms with Gasteiger partial charge in [0.05, 0.1) is 5.69 Å². The van der Waals surface area contributed by atoms with Crippen LogP contribution in [-0.4, -0.2) is 26.1 Å². The third kappa shape index (κ3) is 4.43. The molecule has 0 saturated carbocycles. The fraction of sp³-hybridized carbons (Fsp3) is 0.200. The molecule has 1 amide bonds. The van der Waals surface area contributed by atoms with E-state index in [1.54, 1.807) is 16.4 Å². The third-order valence-corrected chi connectivity index (χ3v) is 6.66. The number of amides is 1. The molecule has 32 heavy (non-hydrogen) atoms. The van der Waals surface area contributed by atoms with Crippen LogP contribution in [0, 0.1) is 0 Å². The number of fused-ring (bicyclic) bond motifs is 1. The quantitative estimate of drug-likeness (QED) is 0.422. The number of carbonyl (C=O) groups excluding carboxylic acids is 1. The van der Waals surface area contributed by atoms with Crippen molar-refractivity contribution in [1.29, 1.82) is 0 Å². The Morgan fingerprint density at radius 2 is 1.75 bits per heavy atom. The molecule has 1 N–H and O–H groups in total. The number of aryl methyl sites for hydroxylation is 1. The highest BCUT2D eigenvalue weighted by Gasteiger charge is 2.16. The molecule has 5 rings (SSSR count). The lowest BCUT2D eigenvalue weighted by molar-refractivity contribution is 0.102. The van der Waals surface area contributed by atoms with E-state index < -0.39 is 0 Å². The van der Waals surface area contributed by atoms with Crippen LogP contribution in [0.5, 0.6) is 0 Å². The molecule has 0 atom stereocenters. The van der Waals surface area contributed by atoms with Crippen molar-refractivity contribution in [3.05, 3.63) is 95.1 Å². The maximum atomic E-state index is 12.9. The van der Waals surface area contributed by atoms with Crippen molar-refractivity contribution >= 4 is 23.4 Å². The van der Waals surface area contributed by atoms with E-state index in [1.807, 2.05) is 54.6 Å². The van der Waals surface area contributed by atoms with Crippen LogP contribution in [0.4, 0.5) is 5.69 Å². The Morgan fingerprint density at radius 1 is 0.938 bits per heavy atom. The molecule has 7 heteroatoms. The van der Waals surface area contributed by atoms with Crippen molar-refractivity contribution in [3.8, 4) is 5.69 Å². The highest BCUT2D eigenvalue weighted by molar-refractivity contribution is 7.98. The van der Waals surface area contributed by atoms with Crippen LogP contribution in [0.25, 0.3) is 5.69 Å². The predicted octanol–water partition coefficient (Wildman–Crippen LogP) is 5.09. The number of rotatable bonds is 6. The largest absolute Gasteiger partial charge is 0.322 e. The van der Waals surface area contributed by atoms with Crippen molar-refractivity contribution < 1.29 is 4.79 Å². The van der Waals surface area contributed by atoms with E-state index in [0.29, 0.717) is 10.7 Å². The Morgan fingerprint density at radius 3 is 2.59 bits per heavy atom. The molecule has 3 aromatic carbocycles. The van der Waals surface area contributed by atoms with Gasteiger partial charge in [-0.2, -0.15) is 4.68 Å². The van der Waals surface area contributed by atoms with Gasteiger partial charge in [-0.25, -0.2) is 0 Å². The highest BCUT2D eigenvalue weighted by Crippen LogP contribution is 2.28. The summed E-state index contributed by atoms with van der Waals surface area (Å²) in [5.74, 6) is 0.675. The van der Waals surface area contributed by atoms with Crippen LogP contribution in [0.15, 0.2) is 78.0 Å². The smallest absolute Gasteiger partial charge is 0.255 e. The summed E-state index contributed by atoms with van der Waals surface area (Å²) in [5.41, 5.74) is 6.19. The first-order chi connectivity index (χ1) is 15.8. The van der Waals surface area contributed by atoms with Crippen LogP contribution in [0.1, 0.15) is 39.9 Å². The van der Waals surface area contributed by atoms with E-state index in [0.717, 1.165) is 30.0 Å². The fourth-order valence-electron chi connectivity index (χ4n) is 4.00. The van der Waals surface area contributed by atoms with Gasteiger partial charge in [0.1, 0.15) is 0 Å². The zero-order valence-corrected chi connectivity index (χ0v) is 18.4. The van der Waals surface area contributed by atoms with E-state index >= 15 is 0 Å². The van der Waals surface area contributed by atoms with Gasteiger partial charge in [0.15, 0.2) is 0 Å². The molecule has 1 aliphatic rings. The Labute approximate surface area is 191 Å². The van der Waals surface area contributed by atoms with Crippen LogP contribution in [0.3, 0.4) is 0 Å². The number of carbonyl (C=O) groups is 1. The van der Waals surface area contributed by atoms with Crippen molar-refractivity contribution in [2.24, 2.45) is 0 Å². The maximum absolute atomic E-state index is 12.9. The van der Waals surface area contributed by atoms with Crippen molar-refractivity contribution in [3.63, 3.8) is 0 Å². The first kappa shape index (κ1) is 20.5. The molecular weight excluding hydrogens is 418 g/mol. The van der Waals surface area contributed by atoms with E-state index in [9.17, 15) is 4.79 Å². The molecule has 4 aromatic rings. The molecule has 0 radical (unpaired) electrons. The minimum Gasteiger partial charge on any atom is -0.322 e. The molecule has 0 saturated heterocycles. The number of thioether (sulfide) groups is 1. The summed E-state index contributed by atoms with van der Waals surface area (Å²) in [6.45, 7) is 0. The highest BCUT2D eigenvalue weighted by atomic mass is 32.2. The van der Waals surface area contributed by atoms with Gasteiger partial charge >= 0.3 is 0 Å². The second-order valence-electron chi connectivity index (χ2n) is 7.80. The van der Waals surface area contributed by atoms with E-state index in [4.69, 9.17) is 0 Å². The van der Waals surface area contributed by atoms with Crippen molar-refractivity contribution in [2.45, 2.75) is 36.6 Å². The second-order valence-corrected chi connectivity index (χ2v) is 8.74. The number of nitrogens with one attached hydrogen (secondary N) is 1. The minimum absolute atomic E-state index is 0.106. The van der Waals surface area contributed by atoms with E-state index in [1.165, 1.54) is 29.5 Å². The molecule has 0 aliphatic heterocycles. The van der Waals surface area contributed by atoms with Gasteiger partial charge in [-0.05, 0) is 83.1 Å². The number of nitrogens with zero attached hydrogens (tertiary/aromatic N) is 4. The van der Waals surface area contributed by atoms with E-state index in [2.05, 4.69) is 39.0 Å².